The summed E-state index contributed by atoms with van der Waals surface area (Å²) in [7, 11) is 0. The lowest BCUT2D eigenvalue weighted by Crippen LogP contribution is -2.30. The molecule has 2 rings (SSSR count). The number of nitriles is 1. The molecule has 0 unspecified atom stereocenters. The first-order chi connectivity index (χ1) is 10.5. The molecule has 2 aromatic rings. The Morgan fingerprint density at radius 3 is 2.95 bits per heavy atom. The molecule has 0 spiro atoms. The molecule has 2 N–H and O–H groups in total. The smallest absolute Gasteiger partial charge is 0.223 e. The highest BCUT2D eigenvalue weighted by molar-refractivity contribution is 14.1. The number of hydrogen-bond acceptors (Lipinski definition) is 6. The lowest BCUT2D eigenvalue weighted by molar-refractivity contribution is 0.152. The van der Waals surface area contributed by atoms with E-state index in [1.807, 2.05) is 26.1 Å². The minimum atomic E-state index is -0.473. The summed E-state index contributed by atoms with van der Waals surface area (Å²) in [5.41, 5.74) is 1.16. The zero-order chi connectivity index (χ0) is 16.2. The average molecular weight is 412 g/mol. The van der Waals surface area contributed by atoms with Crippen molar-refractivity contribution in [3.8, 4) is 17.3 Å². The van der Waals surface area contributed by atoms with E-state index in [0.717, 1.165) is 15.0 Å². The second kappa shape index (κ2) is 7.02. The molecule has 0 aliphatic heterocycles. The quantitative estimate of drug-likeness (QED) is 0.556. The van der Waals surface area contributed by atoms with Gasteiger partial charge in [0.1, 0.15) is 3.70 Å². The fourth-order valence-electron chi connectivity index (χ4n) is 1.73. The molecule has 0 aliphatic rings. The highest BCUT2D eigenvalue weighted by Gasteiger charge is 2.22. The van der Waals surface area contributed by atoms with E-state index in [0.29, 0.717) is 18.9 Å². The van der Waals surface area contributed by atoms with Crippen molar-refractivity contribution >= 4 is 28.5 Å². The van der Waals surface area contributed by atoms with Gasteiger partial charge in [-0.05, 0) is 42.5 Å². The van der Waals surface area contributed by atoms with Gasteiger partial charge in [-0.1, -0.05) is 0 Å². The third-order valence-corrected chi connectivity index (χ3v) is 3.92. The van der Waals surface area contributed by atoms with Gasteiger partial charge >= 0.3 is 0 Å². The van der Waals surface area contributed by atoms with Crippen LogP contribution in [0.1, 0.15) is 20.3 Å². The van der Waals surface area contributed by atoms with Crippen LogP contribution in [0.3, 0.4) is 0 Å². The van der Waals surface area contributed by atoms with Crippen LogP contribution < -0.4 is 5.32 Å². The van der Waals surface area contributed by atoms with Crippen molar-refractivity contribution in [2.75, 3.05) is 18.5 Å². The SMILES string of the molecule is CC(C)(CO)n1cc(-c2ccnc(NCCC#N)n2)c(I)n1. The summed E-state index contributed by atoms with van der Waals surface area (Å²) >= 11 is 2.15. The predicted octanol–water partition coefficient (Wildman–Crippen LogP) is 2.00. The molecule has 0 aliphatic carbocycles. The second-order valence-corrected chi connectivity index (χ2v) is 6.37. The molecule has 22 heavy (non-hydrogen) atoms. The van der Waals surface area contributed by atoms with Gasteiger partial charge in [0.25, 0.3) is 0 Å². The van der Waals surface area contributed by atoms with Gasteiger partial charge < -0.3 is 10.4 Å². The number of aliphatic hydroxyl groups excluding tert-OH is 1. The number of aromatic nitrogens is 4. The average Bonchev–Trinajstić information content (AvgIpc) is 2.91. The Bertz CT molecular complexity index is 691. The summed E-state index contributed by atoms with van der Waals surface area (Å²) in [4.78, 5) is 8.58. The fraction of sp³-hybridized carbons (Fsp3) is 0.429. The maximum atomic E-state index is 9.46. The number of nitrogens with one attached hydrogen (secondary N) is 1. The summed E-state index contributed by atoms with van der Waals surface area (Å²) in [5.74, 6) is 0.484. The molecule has 2 heterocycles. The van der Waals surface area contributed by atoms with Crippen molar-refractivity contribution in [1.82, 2.24) is 19.7 Å². The first kappa shape index (κ1) is 16.6. The number of nitrogens with zero attached hydrogens (tertiary/aromatic N) is 5. The van der Waals surface area contributed by atoms with E-state index in [4.69, 9.17) is 5.26 Å². The minimum absolute atomic E-state index is 0.00502. The van der Waals surface area contributed by atoms with Gasteiger partial charge in [0.15, 0.2) is 0 Å². The Kier molecular flexibility index (Phi) is 5.31. The van der Waals surface area contributed by atoms with E-state index >= 15 is 0 Å². The third kappa shape index (κ3) is 3.72. The topological polar surface area (TPSA) is 99.7 Å². The van der Waals surface area contributed by atoms with Crippen LogP contribution in [-0.4, -0.2) is 38.0 Å². The van der Waals surface area contributed by atoms with Crippen molar-refractivity contribution in [3.05, 3.63) is 22.2 Å². The zero-order valence-electron chi connectivity index (χ0n) is 12.4. The lowest BCUT2D eigenvalue weighted by Gasteiger charge is -2.22. The first-order valence-corrected chi connectivity index (χ1v) is 7.86. The van der Waals surface area contributed by atoms with Gasteiger partial charge in [0.05, 0.1) is 35.9 Å². The van der Waals surface area contributed by atoms with Crippen molar-refractivity contribution in [2.24, 2.45) is 0 Å². The van der Waals surface area contributed by atoms with E-state index in [1.54, 1.807) is 10.9 Å². The molecule has 0 fully saturated rings. The standard InChI is InChI=1S/C14H17IN6O/c1-14(2,9-22)21-8-10(12(15)20-21)11-4-7-18-13(19-11)17-6-3-5-16/h4,7-8,22H,3,6,9H2,1-2H3,(H,17,18,19). The Hall–Kier alpha value is -1.73. The molecule has 2 aromatic heterocycles. The number of halogens is 1. The predicted molar refractivity (Wildman–Crippen MR) is 91.1 cm³/mol. The second-order valence-electron chi connectivity index (χ2n) is 5.35. The molecule has 0 saturated carbocycles. The van der Waals surface area contributed by atoms with E-state index in [1.165, 1.54) is 0 Å². The number of aliphatic hydroxyl groups is 1. The van der Waals surface area contributed by atoms with Crippen LogP contribution >= 0.6 is 22.6 Å². The maximum Gasteiger partial charge on any atom is 0.223 e. The van der Waals surface area contributed by atoms with Crippen LogP contribution in [0.25, 0.3) is 11.3 Å². The van der Waals surface area contributed by atoms with Crippen molar-refractivity contribution in [3.63, 3.8) is 0 Å². The number of anilines is 1. The van der Waals surface area contributed by atoms with Gasteiger partial charge in [-0.2, -0.15) is 10.4 Å². The van der Waals surface area contributed by atoms with Gasteiger partial charge in [-0.25, -0.2) is 9.97 Å². The molecule has 0 atom stereocenters. The van der Waals surface area contributed by atoms with Gasteiger partial charge in [0.2, 0.25) is 5.95 Å². The first-order valence-electron chi connectivity index (χ1n) is 6.78. The van der Waals surface area contributed by atoms with Crippen molar-refractivity contribution < 1.29 is 5.11 Å². The summed E-state index contributed by atoms with van der Waals surface area (Å²) in [6.07, 6.45) is 3.94. The summed E-state index contributed by atoms with van der Waals surface area (Å²) in [6, 6.07) is 3.87. The Balaban J connectivity index is 2.29. The molecule has 0 aromatic carbocycles. The highest BCUT2D eigenvalue weighted by Crippen LogP contribution is 2.26. The fourth-order valence-corrected chi connectivity index (χ4v) is 2.38. The van der Waals surface area contributed by atoms with Crippen LogP contribution in [0.15, 0.2) is 18.5 Å². The summed E-state index contributed by atoms with van der Waals surface area (Å²) < 4.78 is 2.55. The van der Waals surface area contributed by atoms with Gasteiger partial charge in [0, 0.05) is 18.9 Å². The van der Waals surface area contributed by atoms with Crippen LogP contribution in [0.5, 0.6) is 0 Å². The monoisotopic (exact) mass is 412 g/mol. The maximum absolute atomic E-state index is 9.46. The normalized spacial score (nSPS) is 11.2. The summed E-state index contributed by atoms with van der Waals surface area (Å²) in [5, 5.41) is 25.5. The molecule has 8 heteroatoms. The Labute approximate surface area is 142 Å². The molecular formula is C14H17IN6O. The molecule has 7 nitrogen and oxygen atoms in total. The van der Waals surface area contributed by atoms with Gasteiger partial charge in [-0.15, -0.1) is 0 Å². The van der Waals surface area contributed by atoms with Crippen LogP contribution in [0, 0.1) is 15.0 Å². The summed E-state index contributed by atoms with van der Waals surface area (Å²) in [6.45, 7) is 4.33. The van der Waals surface area contributed by atoms with Crippen molar-refractivity contribution in [1.29, 1.82) is 5.26 Å². The molecule has 0 radical (unpaired) electrons. The minimum Gasteiger partial charge on any atom is -0.394 e. The number of rotatable bonds is 6. The largest absolute Gasteiger partial charge is 0.394 e. The van der Waals surface area contributed by atoms with Gasteiger partial charge in [-0.3, -0.25) is 4.68 Å². The lowest BCUT2D eigenvalue weighted by atomic mass is 10.1. The van der Waals surface area contributed by atoms with Crippen LogP contribution in [0.2, 0.25) is 0 Å². The molecule has 0 bridgehead atoms. The number of hydrogen-bond donors (Lipinski definition) is 2. The van der Waals surface area contributed by atoms with E-state index in [2.05, 4.69) is 49.0 Å². The van der Waals surface area contributed by atoms with E-state index in [9.17, 15) is 5.11 Å². The molecule has 0 amide bonds. The van der Waals surface area contributed by atoms with Crippen LogP contribution in [-0.2, 0) is 5.54 Å². The zero-order valence-corrected chi connectivity index (χ0v) is 14.6. The molecule has 116 valence electrons. The van der Waals surface area contributed by atoms with E-state index in [-0.39, 0.29) is 6.61 Å². The Morgan fingerprint density at radius 1 is 1.50 bits per heavy atom. The van der Waals surface area contributed by atoms with E-state index < -0.39 is 5.54 Å². The third-order valence-electron chi connectivity index (χ3n) is 3.13. The Morgan fingerprint density at radius 2 is 2.27 bits per heavy atom. The highest BCUT2D eigenvalue weighted by atomic mass is 127. The molecule has 0 saturated heterocycles. The van der Waals surface area contributed by atoms with Crippen LogP contribution in [0.4, 0.5) is 5.95 Å². The van der Waals surface area contributed by atoms with Crippen molar-refractivity contribution in [2.45, 2.75) is 25.8 Å². The molecular weight excluding hydrogens is 395 g/mol.